The van der Waals surface area contributed by atoms with Gasteiger partial charge in [0.1, 0.15) is 17.4 Å². The number of hydrogen-bond acceptors (Lipinski definition) is 5. The molecule has 0 heterocycles. The first-order valence-electron chi connectivity index (χ1n) is 8.16. The number of nitrogens with two attached hydrogens (primary N) is 1. The van der Waals surface area contributed by atoms with E-state index in [0.717, 1.165) is 11.8 Å². The predicted molar refractivity (Wildman–Crippen MR) is 102 cm³/mol. The van der Waals surface area contributed by atoms with Crippen molar-refractivity contribution < 1.29 is 14.3 Å². The van der Waals surface area contributed by atoms with Crippen molar-refractivity contribution in [1.29, 1.82) is 5.26 Å². The molecule has 0 aliphatic rings. The van der Waals surface area contributed by atoms with Crippen LogP contribution >= 0.6 is 0 Å². The Bertz CT molecular complexity index is 881. The summed E-state index contributed by atoms with van der Waals surface area (Å²) in [4.78, 5) is 24.3. The number of nitrogens with one attached hydrogen (secondary N) is 2. The zero-order chi connectivity index (χ0) is 19.8. The van der Waals surface area contributed by atoms with Gasteiger partial charge in [0.2, 0.25) is 0 Å². The fourth-order valence-corrected chi connectivity index (χ4v) is 2.25. The van der Waals surface area contributed by atoms with E-state index in [1.54, 1.807) is 56.5 Å². The van der Waals surface area contributed by atoms with Crippen LogP contribution in [-0.4, -0.2) is 18.9 Å². The quantitative estimate of drug-likeness (QED) is 0.413. The summed E-state index contributed by atoms with van der Waals surface area (Å²) in [5.74, 6) is -0.322. The van der Waals surface area contributed by atoms with Gasteiger partial charge in [-0.1, -0.05) is 12.1 Å². The third kappa shape index (κ3) is 5.34. The van der Waals surface area contributed by atoms with E-state index in [1.807, 2.05) is 12.1 Å². The van der Waals surface area contributed by atoms with Gasteiger partial charge in [0.25, 0.3) is 11.8 Å². The second-order valence-electron chi connectivity index (χ2n) is 5.73. The number of amides is 2. The summed E-state index contributed by atoms with van der Waals surface area (Å²) < 4.78 is 5.10. The number of nitriles is 1. The van der Waals surface area contributed by atoms with Gasteiger partial charge in [-0.05, 0) is 48.9 Å². The molecule has 2 aromatic carbocycles. The Kier molecular flexibility index (Phi) is 6.55. The topological polar surface area (TPSA) is 117 Å². The molecule has 0 saturated carbocycles. The molecular formula is C20H20N4O3. The van der Waals surface area contributed by atoms with Crippen LogP contribution in [0.4, 0.5) is 5.69 Å². The number of methoxy groups -OCH3 is 1. The highest BCUT2D eigenvalue weighted by Crippen LogP contribution is 2.17. The molecule has 0 saturated heterocycles. The van der Waals surface area contributed by atoms with E-state index in [4.69, 9.17) is 10.5 Å². The van der Waals surface area contributed by atoms with E-state index in [2.05, 4.69) is 10.6 Å². The van der Waals surface area contributed by atoms with Crippen LogP contribution in [0, 0.1) is 11.3 Å². The third-order valence-corrected chi connectivity index (χ3v) is 3.85. The van der Waals surface area contributed by atoms with Gasteiger partial charge in [-0.3, -0.25) is 9.59 Å². The third-order valence-electron chi connectivity index (χ3n) is 3.85. The van der Waals surface area contributed by atoms with Crippen molar-refractivity contribution >= 4 is 17.5 Å². The summed E-state index contributed by atoms with van der Waals surface area (Å²) in [6.45, 7) is 1.79. The second-order valence-corrected chi connectivity index (χ2v) is 5.73. The zero-order valence-electron chi connectivity index (χ0n) is 15.0. The Labute approximate surface area is 157 Å². The number of hydrogen-bond donors (Lipinski definition) is 3. The lowest BCUT2D eigenvalue weighted by atomic mass is 10.1. The van der Waals surface area contributed by atoms with Gasteiger partial charge < -0.3 is 21.1 Å². The molecule has 1 atom stereocenters. The van der Waals surface area contributed by atoms with Gasteiger partial charge in [0.05, 0.1) is 13.2 Å². The van der Waals surface area contributed by atoms with Crippen LogP contribution in [0.5, 0.6) is 5.75 Å². The number of nitrogen functional groups attached to an aromatic ring is 1. The summed E-state index contributed by atoms with van der Waals surface area (Å²) in [6.07, 6.45) is 1.09. The van der Waals surface area contributed by atoms with Crippen LogP contribution < -0.4 is 21.1 Å². The van der Waals surface area contributed by atoms with Crippen molar-refractivity contribution in [3.63, 3.8) is 0 Å². The van der Waals surface area contributed by atoms with Crippen LogP contribution in [0.3, 0.4) is 0 Å². The maximum atomic E-state index is 12.3. The van der Waals surface area contributed by atoms with Crippen molar-refractivity contribution in [2.75, 3.05) is 12.8 Å². The average Bonchev–Trinajstić information content (AvgIpc) is 2.68. The van der Waals surface area contributed by atoms with E-state index < -0.39 is 11.8 Å². The Morgan fingerprint density at radius 3 is 2.33 bits per heavy atom. The maximum Gasteiger partial charge on any atom is 0.263 e. The highest BCUT2D eigenvalue weighted by molar-refractivity contribution is 5.99. The van der Waals surface area contributed by atoms with Crippen LogP contribution in [0.1, 0.15) is 28.9 Å². The molecule has 0 radical (unpaired) electrons. The van der Waals surface area contributed by atoms with Crippen LogP contribution in [0.15, 0.2) is 60.3 Å². The monoisotopic (exact) mass is 364 g/mol. The molecule has 1 unspecified atom stereocenters. The molecule has 0 aliphatic heterocycles. The van der Waals surface area contributed by atoms with E-state index in [1.165, 1.54) is 0 Å². The van der Waals surface area contributed by atoms with Crippen molar-refractivity contribution in [2.24, 2.45) is 0 Å². The fraction of sp³-hybridized carbons (Fsp3) is 0.150. The van der Waals surface area contributed by atoms with Crippen LogP contribution in [-0.2, 0) is 4.79 Å². The van der Waals surface area contributed by atoms with E-state index in [9.17, 15) is 14.9 Å². The summed E-state index contributed by atoms with van der Waals surface area (Å²) >= 11 is 0. The van der Waals surface area contributed by atoms with Crippen molar-refractivity contribution in [3.8, 4) is 11.8 Å². The molecule has 7 heteroatoms. The van der Waals surface area contributed by atoms with Gasteiger partial charge in [-0.2, -0.15) is 5.26 Å². The summed E-state index contributed by atoms with van der Waals surface area (Å²) in [5.41, 5.74) is 7.12. The SMILES string of the molecule is COc1ccc(C(C)NC(=O)/C(C#N)=C\NC(=O)c2ccc(N)cc2)cc1. The standard InChI is InChI=1S/C20H20N4O3/c1-13(14-5-9-18(27-2)10-6-14)24-20(26)16(11-21)12-23-19(25)15-3-7-17(22)8-4-15/h3-10,12-13H,22H2,1-2H3,(H,23,25)(H,24,26)/b16-12-. The van der Waals surface area contributed by atoms with Gasteiger partial charge in [0, 0.05) is 17.5 Å². The first kappa shape index (κ1) is 19.5. The number of ether oxygens (including phenoxy) is 1. The number of anilines is 1. The fourth-order valence-electron chi connectivity index (χ4n) is 2.25. The Morgan fingerprint density at radius 1 is 1.15 bits per heavy atom. The minimum absolute atomic E-state index is 0.209. The average molecular weight is 364 g/mol. The van der Waals surface area contributed by atoms with E-state index in [-0.39, 0.29) is 11.6 Å². The van der Waals surface area contributed by atoms with Crippen molar-refractivity contribution in [2.45, 2.75) is 13.0 Å². The van der Waals surface area contributed by atoms with E-state index in [0.29, 0.717) is 17.0 Å². The lowest BCUT2D eigenvalue weighted by Crippen LogP contribution is -2.29. The highest BCUT2D eigenvalue weighted by Gasteiger charge is 2.14. The predicted octanol–water partition coefficient (Wildman–Crippen LogP) is 2.29. The molecule has 0 aromatic heterocycles. The Hall–Kier alpha value is -3.79. The summed E-state index contributed by atoms with van der Waals surface area (Å²) in [7, 11) is 1.57. The first-order chi connectivity index (χ1) is 12.9. The molecule has 0 fully saturated rings. The van der Waals surface area contributed by atoms with Gasteiger partial charge >= 0.3 is 0 Å². The molecule has 2 aromatic rings. The number of rotatable bonds is 6. The summed E-state index contributed by atoms with van der Waals surface area (Å²) in [5, 5.41) is 14.4. The molecule has 4 N–H and O–H groups in total. The number of benzene rings is 2. The molecule has 138 valence electrons. The van der Waals surface area contributed by atoms with Gasteiger partial charge in [-0.25, -0.2) is 0 Å². The molecule has 0 aliphatic carbocycles. The molecule has 7 nitrogen and oxygen atoms in total. The Balaban J connectivity index is 2.01. The minimum Gasteiger partial charge on any atom is -0.497 e. The lowest BCUT2D eigenvalue weighted by molar-refractivity contribution is -0.117. The highest BCUT2D eigenvalue weighted by atomic mass is 16.5. The minimum atomic E-state index is -0.585. The molecule has 2 rings (SSSR count). The number of carbonyl (C=O) groups is 2. The Morgan fingerprint density at radius 2 is 1.78 bits per heavy atom. The van der Waals surface area contributed by atoms with Gasteiger partial charge in [0.15, 0.2) is 0 Å². The van der Waals surface area contributed by atoms with Gasteiger partial charge in [-0.15, -0.1) is 0 Å². The molecule has 0 spiro atoms. The number of nitrogens with zero attached hydrogens (tertiary/aromatic N) is 1. The van der Waals surface area contributed by atoms with Crippen LogP contribution in [0.25, 0.3) is 0 Å². The first-order valence-corrected chi connectivity index (χ1v) is 8.16. The normalized spacial score (nSPS) is 11.8. The largest absolute Gasteiger partial charge is 0.497 e. The molecule has 2 amide bonds. The lowest BCUT2D eigenvalue weighted by Gasteiger charge is -2.14. The number of carbonyl (C=O) groups excluding carboxylic acids is 2. The molecule has 27 heavy (non-hydrogen) atoms. The molecule has 0 bridgehead atoms. The molecular weight excluding hydrogens is 344 g/mol. The van der Waals surface area contributed by atoms with Crippen molar-refractivity contribution in [3.05, 3.63) is 71.4 Å². The summed E-state index contributed by atoms with van der Waals surface area (Å²) in [6, 6.07) is 15.0. The van der Waals surface area contributed by atoms with Crippen molar-refractivity contribution in [1.82, 2.24) is 10.6 Å². The smallest absolute Gasteiger partial charge is 0.263 e. The maximum absolute atomic E-state index is 12.3. The zero-order valence-corrected chi connectivity index (χ0v) is 15.0. The second kappa shape index (κ2) is 9.06. The van der Waals surface area contributed by atoms with E-state index >= 15 is 0 Å². The van der Waals surface area contributed by atoms with Crippen LogP contribution in [0.2, 0.25) is 0 Å².